The van der Waals surface area contributed by atoms with E-state index >= 15 is 0 Å². The second-order valence-electron chi connectivity index (χ2n) is 5.80. The average molecular weight is 376 g/mol. The number of aliphatic hydroxyl groups excluding tert-OH is 1. The second kappa shape index (κ2) is 9.59. The number of carboxylic acids is 1. The SMILES string of the molecule is CC(N)C(=O)N1CCCC1C(=O)NC(CS)C(=O)NC(CO)C(=O)O. The summed E-state index contributed by atoms with van der Waals surface area (Å²) in [5.74, 6) is -3.15. The van der Waals surface area contributed by atoms with Gasteiger partial charge in [-0.2, -0.15) is 12.6 Å². The topological polar surface area (TPSA) is 162 Å². The lowest BCUT2D eigenvalue weighted by Crippen LogP contribution is -2.57. The van der Waals surface area contributed by atoms with Gasteiger partial charge in [-0.25, -0.2) is 4.79 Å². The molecular weight excluding hydrogens is 352 g/mol. The molecule has 4 unspecified atom stereocenters. The lowest BCUT2D eigenvalue weighted by atomic mass is 10.1. The third kappa shape index (κ3) is 5.58. The van der Waals surface area contributed by atoms with E-state index in [4.69, 9.17) is 15.9 Å². The lowest BCUT2D eigenvalue weighted by molar-refractivity contribution is -0.143. The van der Waals surface area contributed by atoms with Gasteiger partial charge in [0.15, 0.2) is 0 Å². The second-order valence-corrected chi connectivity index (χ2v) is 6.17. The number of amides is 3. The molecule has 6 N–H and O–H groups in total. The van der Waals surface area contributed by atoms with Gasteiger partial charge in [0.2, 0.25) is 17.7 Å². The molecule has 1 rings (SSSR count). The molecule has 11 heteroatoms. The molecule has 3 amide bonds. The van der Waals surface area contributed by atoms with Crippen molar-refractivity contribution < 1.29 is 29.4 Å². The van der Waals surface area contributed by atoms with Crippen molar-refractivity contribution in [2.75, 3.05) is 18.9 Å². The van der Waals surface area contributed by atoms with Gasteiger partial charge < -0.3 is 31.5 Å². The van der Waals surface area contributed by atoms with E-state index in [9.17, 15) is 19.2 Å². The van der Waals surface area contributed by atoms with Crippen molar-refractivity contribution in [1.82, 2.24) is 15.5 Å². The Morgan fingerprint density at radius 1 is 1.28 bits per heavy atom. The van der Waals surface area contributed by atoms with E-state index in [1.54, 1.807) is 0 Å². The fraction of sp³-hybridized carbons (Fsp3) is 0.714. The van der Waals surface area contributed by atoms with Gasteiger partial charge in [0.05, 0.1) is 12.6 Å². The molecule has 0 aromatic carbocycles. The van der Waals surface area contributed by atoms with Crippen LogP contribution in [0.25, 0.3) is 0 Å². The molecule has 0 bridgehead atoms. The fourth-order valence-electron chi connectivity index (χ4n) is 2.48. The van der Waals surface area contributed by atoms with Crippen molar-refractivity contribution in [1.29, 1.82) is 0 Å². The molecule has 0 saturated carbocycles. The number of aliphatic carboxylic acids is 1. The monoisotopic (exact) mass is 376 g/mol. The van der Waals surface area contributed by atoms with Crippen LogP contribution in [0.5, 0.6) is 0 Å². The van der Waals surface area contributed by atoms with E-state index in [-0.39, 0.29) is 11.7 Å². The van der Waals surface area contributed by atoms with Crippen LogP contribution in [0.2, 0.25) is 0 Å². The standard InChI is InChI=1S/C14H24N4O6S/c1-7(15)13(22)18-4-2-3-10(18)12(21)17-9(6-25)11(20)16-8(5-19)14(23)24/h7-10,19,25H,2-6,15H2,1H3,(H,16,20)(H,17,21)(H,23,24). The average Bonchev–Trinajstić information content (AvgIpc) is 3.05. The quantitative estimate of drug-likeness (QED) is 0.251. The zero-order valence-electron chi connectivity index (χ0n) is 13.8. The Kier molecular flexibility index (Phi) is 8.13. The Morgan fingerprint density at radius 3 is 2.40 bits per heavy atom. The molecule has 1 aliphatic heterocycles. The van der Waals surface area contributed by atoms with Gasteiger partial charge in [-0.05, 0) is 19.8 Å². The van der Waals surface area contributed by atoms with Gasteiger partial charge in [-0.3, -0.25) is 14.4 Å². The highest BCUT2D eigenvalue weighted by Gasteiger charge is 2.36. The molecular formula is C14H24N4O6S. The van der Waals surface area contributed by atoms with Gasteiger partial charge in [-0.15, -0.1) is 0 Å². The third-order valence-electron chi connectivity index (χ3n) is 3.84. The number of nitrogens with zero attached hydrogens (tertiary/aromatic N) is 1. The predicted molar refractivity (Wildman–Crippen MR) is 90.8 cm³/mol. The number of carbonyl (C=O) groups is 4. The van der Waals surface area contributed by atoms with Crippen molar-refractivity contribution in [2.45, 2.75) is 43.9 Å². The Morgan fingerprint density at radius 2 is 1.92 bits per heavy atom. The van der Waals surface area contributed by atoms with Crippen LogP contribution in [-0.2, 0) is 19.2 Å². The number of carboxylic acid groups (broad SMARTS) is 1. The Labute approximate surface area is 150 Å². The van der Waals surface area contributed by atoms with E-state index < -0.39 is 48.6 Å². The number of aliphatic hydroxyl groups is 1. The van der Waals surface area contributed by atoms with E-state index in [2.05, 4.69) is 23.3 Å². The maximum absolute atomic E-state index is 12.4. The predicted octanol–water partition coefficient (Wildman–Crippen LogP) is -2.70. The summed E-state index contributed by atoms with van der Waals surface area (Å²) in [7, 11) is 0. The molecule has 1 fully saturated rings. The van der Waals surface area contributed by atoms with Crippen molar-refractivity contribution >= 4 is 36.3 Å². The normalized spacial score (nSPS) is 20.5. The Hall–Kier alpha value is -1.85. The molecule has 1 heterocycles. The molecule has 25 heavy (non-hydrogen) atoms. The molecule has 0 radical (unpaired) electrons. The van der Waals surface area contributed by atoms with Gasteiger partial charge in [0.1, 0.15) is 18.1 Å². The first-order valence-electron chi connectivity index (χ1n) is 7.84. The first-order chi connectivity index (χ1) is 11.7. The molecule has 1 aliphatic rings. The Balaban J connectivity index is 2.73. The maximum atomic E-state index is 12.4. The minimum absolute atomic E-state index is 0.0801. The lowest BCUT2D eigenvalue weighted by Gasteiger charge is -2.27. The van der Waals surface area contributed by atoms with Crippen LogP contribution in [0.15, 0.2) is 0 Å². The molecule has 0 aromatic rings. The van der Waals surface area contributed by atoms with Crippen molar-refractivity contribution in [3.63, 3.8) is 0 Å². The highest BCUT2D eigenvalue weighted by atomic mass is 32.1. The summed E-state index contributed by atoms with van der Waals surface area (Å²) in [5, 5.41) is 22.4. The molecule has 1 saturated heterocycles. The highest BCUT2D eigenvalue weighted by Crippen LogP contribution is 2.18. The zero-order valence-corrected chi connectivity index (χ0v) is 14.7. The van der Waals surface area contributed by atoms with Crippen LogP contribution in [0.4, 0.5) is 0 Å². The summed E-state index contributed by atoms with van der Waals surface area (Å²) in [6.07, 6.45) is 1.08. The van der Waals surface area contributed by atoms with Crippen molar-refractivity contribution in [3.05, 3.63) is 0 Å². The van der Waals surface area contributed by atoms with E-state index in [0.717, 1.165) is 0 Å². The van der Waals surface area contributed by atoms with Gasteiger partial charge in [-0.1, -0.05) is 0 Å². The largest absolute Gasteiger partial charge is 0.480 e. The molecule has 10 nitrogen and oxygen atoms in total. The number of rotatable bonds is 8. The van der Waals surface area contributed by atoms with Crippen LogP contribution in [0, 0.1) is 0 Å². The summed E-state index contributed by atoms with van der Waals surface area (Å²) in [4.78, 5) is 48.8. The van der Waals surface area contributed by atoms with E-state index in [1.165, 1.54) is 11.8 Å². The van der Waals surface area contributed by atoms with E-state index in [0.29, 0.717) is 19.4 Å². The summed E-state index contributed by atoms with van der Waals surface area (Å²) >= 11 is 3.99. The first kappa shape index (κ1) is 21.2. The van der Waals surface area contributed by atoms with Crippen LogP contribution in [0.3, 0.4) is 0 Å². The van der Waals surface area contributed by atoms with Crippen molar-refractivity contribution in [2.24, 2.45) is 5.73 Å². The summed E-state index contributed by atoms with van der Waals surface area (Å²) < 4.78 is 0. The zero-order chi connectivity index (χ0) is 19.1. The molecule has 0 aliphatic carbocycles. The molecule has 0 spiro atoms. The number of nitrogens with two attached hydrogens (primary N) is 1. The number of likely N-dealkylation sites (tertiary alicyclic amines) is 1. The number of hydrogen-bond acceptors (Lipinski definition) is 7. The number of hydrogen-bond donors (Lipinski definition) is 6. The smallest absolute Gasteiger partial charge is 0.328 e. The van der Waals surface area contributed by atoms with Gasteiger partial charge in [0.25, 0.3) is 0 Å². The molecule has 0 aromatic heterocycles. The number of carbonyl (C=O) groups excluding carboxylic acids is 3. The van der Waals surface area contributed by atoms with Crippen LogP contribution in [-0.4, -0.2) is 81.9 Å². The number of nitrogens with one attached hydrogen (secondary N) is 2. The fourth-order valence-corrected chi connectivity index (χ4v) is 2.74. The van der Waals surface area contributed by atoms with Crippen LogP contribution >= 0.6 is 12.6 Å². The minimum atomic E-state index is -1.48. The van der Waals surface area contributed by atoms with Crippen LogP contribution in [0.1, 0.15) is 19.8 Å². The highest BCUT2D eigenvalue weighted by molar-refractivity contribution is 7.80. The summed E-state index contributed by atoms with van der Waals surface area (Å²) in [5.41, 5.74) is 5.57. The minimum Gasteiger partial charge on any atom is -0.480 e. The summed E-state index contributed by atoms with van der Waals surface area (Å²) in [6, 6.07) is -4.05. The van der Waals surface area contributed by atoms with Crippen LogP contribution < -0.4 is 16.4 Å². The Bertz CT molecular complexity index is 529. The summed E-state index contributed by atoms with van der Waals surface area (Å²) in [6.45, 7) is 1.15. The maximum Gasteiger partial charge on any atom is 0.328 e. The first-order valence-corrected chi connectivity index (χ1v) is 8.47. The van der Waals surface area contributed by atoms with E-state index in [1.807, 2.05) is 0 Å². The van der Waals surface area contributed by atoms with Gasteiger partial charge >= 0.3 is 5.97 Å². The van der Waals surface area contributed by atoms with Gasteiger partial charge in [0, 0.05) is 12.3 Å². The number of thiol groups is 1. The third-order valence-corrected chi connectivity index (χ3v) is 4.21. The molecule has 142 valence electrons. The molecule has 4 atom stereocenters. The van der Waals surface area contributed by atoms with Crippen molar-refractivity contribution in [3.8, 4) is 0 Å².